The molecule has 0 saturated carbocycles. The Bertz CT molecular complexity index is 715. The van der Waals surface area contributed by atoms with Crippen LogP contribution in [-0.4, -0.2) is 17.9 Å². The van der Waals surface area contributed by atoms with Gasteiger partial charge in [0.05, 0.1) is 16.8 Å². The van der Waals surface area contributed by atoms with E-state index >= 15 is 0 Å². The molecule has 1 aliphatic rings. The first-order valence-electron chi connectivity index (χ1n) is 6.15. The van der Waals surface area contributed by atoms with Crippen molar-refractivity contribution in [2.45, 2.75) is 0 Å². The maximum Gasteiger partial charge on any atom is 0.271 e. The van der Waals surface area contributed by atoms with E-state index < -0.39 is 4.92 Å². The molecule has 7 nitrogen and oxygen atoms in total. The van der Waals surface area contributed by atoms with Crippen LogP contribution in [0.25, 0.3) is 0 Å². The number of hydrogen-bond acceptors (Lipinski definition) is 6. The molecule has 0 bridgehead atoms. The second-order valence-corrected chi connectivity index (χ2v) is 4.29. The van der Waals surface area contributed by atoms with Crippen LogP contribution in [0, 0.1) is 10.1 Å². The number of nitro benzene ring substituents is 1. The molecule has 0 amide bonds. The Morgan fingerprint density at radius 3 is 2.90 bits per heavy atom. The Morgan fingerprint density at radius 1 is 1.19 bits per heavy atom. The van der Waals surface area contributed by atoms with E-state index in [4.69, 9.17) is 9.47 Å². The van der Waals surface area contributed by atoms with Crippen LogP contribution in [-0.2, 0) is 0 Å². The van der Waals surface area contributed by atoms with Crippen LogP contribution >= 0.6 is 0 Å². The smallest absolute Gasteiger partial charge is 0.271 e. The number of benzene rings is 2. The normalized spacial score (nSPS) is 12.6. The highest BCUT2D eigenvalue weighted by atomic mass is 16.7. The Labute approximate surface area is 120 Å². The van der Waals surface area contributed by atoms with E-state index in [2.05, 4.69) is 10.5 Å². The monoisotopic (exact) mass is 285 g/mol. The van der Waals surface area contributed by atoms with E-state index in [9.17, 15) is 10.1 Å². The minimum atomic E-state index is -0.452. The predicted molar refractivity (Wildman–Crippen MR) is 76.9 cm³/mol. The highest BCUT2D eigenvalue weighted by molar-refractivity contribution is 5.81. The third-order valence-electron chi connectivity index (χ3n) is 2.86. The summed E-state index contributed by atoms with van der Waals surface area (Å²) in [5, 5.41) is 14.7. The minimum absolute atomic E-state index is 0.0123. The molecule has 0 unspecified atom stereocenters. The largest absolute Gasteiger partial charge is 0.454 e. The van der Waals surface area contributed by atoms with Crippen LogP contribution in [0.5, 0.6) is 11.5 Å². The zero-order valence-corrected chi connectivity index (χ0v) is 10.9. The molecular weight excluding hydrogens is 274 g/mol. The van der Waals surface area contributed by atoms with Crippen LogP contribution in [0.3, 0.4) is 0 Å². The lowest BCUT2D eigenvalue weighted by atomic mass is 10.2. The Morgan fingerprint density at radius 2 is 2.05 bits per heavy atom. The number of nitrogens with one attached hydrogen (secondary N) is 1. The van der Waals surface area contributed by atoms with Crippen molar-refractivity contribution in [3.05, 3.63) is 58.1 Å². The van der Waals surface area contributed by atoms with E-state index in [1.165, 1.54) is 12.1 Å². The number of nitrogens with zero attached hydrogens (tertiary/aromatic N) is 2. The van der Waals surface area contributed by atoms with E-state index in [0.29, 0.717) is 17.2 Å². The van der Waals surface area contributed by atoms with Crippen molar-refractivity contribution >= 4 is 17.6 Å². The molecule has 0 atom stereocenters. The number of anilines is 1. The summed E-state index contributed by atoms with van der Waals surface area (Å²) >= 11 is 0. The number of hydrogen-bond donors (Lipinski definition) is 1. The number of fused-ring (bicyclic) bond motifs is 1. The summed E-state index contributed by atoms with van der Waals surface area (Å²) < 4.78 is 10.5. The van der Waals surface area contributed by atoms with Gasteiger partial charge in [-0.25, -0.2) is 0 Å². The van der Waals surface area contributed by atoms with Gasteiger partial charge in [0.2, 0.25) is 6.79 Å². The average Bonchev–Trinajstić information content (AvgIpc) is 2.95. The van der Waals surface area contributed by atoms with Crippen molar-refractivity contribution in [2.75, 3.05) is 12.2 Å². The van der Waals surface area contributed by atoms with E-state index in [1.807, 2.05) is 6.07 Å². The number of hydrazone groups is 1. The summed E-state index contributed by atoms with van der Waals surface area (Å²) in [5.74, 6) is 1.38. The van der Waals surface area contributed by atoms with Crippen molar-refractivity contribution in [1.29, 1.82) is 0 Å². The van der Waals surface area contributed by atoms with Crippen molar-refractivity contribution in [2.24, 2.45) is 5.10 Å². The number of ether oxygens (including phenoxy) is 2. The van der Waals surface area contributed by atoms with Crippen molar-refractivity contribution in [1.82, 2.24) is 0 Å². The molecule has 7 heteroatoms. The fourth-order valence-corrected chi connectivity index (χ4v) is 1.86. The molecule has 1 aliphatic heterocycles. The van der Waals surface area contributed by atoms with Crippen LogP contribution in [0.4, 0.5) is 11.4 Å². The second-order valence-electron chi connectivity index (χ2n) is 4.29. The Hall–Kier alpha value is -3.09. The molecule has 106 valence electrons. The highest BCUT2D eigenvalue weighted by Gasteiger charge is 2.12. The molecule has 2 aromatic carbocycles. The van der Waals surface area contributed by atoms with Gasteiger partial charge in [-0.3, -0.25) is 15.5 Å². The first kappa shape index (κ1) is 12.9. The SMILES string of the molecule is O=[N+]([O-])c1cccc(NN=Cc2ccc3c(c2)OCO3)c1. The first-order valence-corrected chi connectivity index (χ1v) is 6.15. The van der Waals surface area contributed by atoms with Gasteiger partial charge in [0, 0.05) is 12.1 Å². The lowest BCUT2D eigenvalue weighted by Gasteiger charge is -2.00. The summed E-state index contributed by atoms with van der Waals surface area (Å²) in [7, 11) is 0. The standard InChI is InChI=1S/C14H11N3O4/c18-17(19)12-3-1-2-11(7-12)16-15-8-10-4-5-13-14(6-10)21-9-20-13/h1-8,16H,9H2. The van der Waals surface area contributed by atoms with Gasteiger partial charge < -0.3 is 9.47 Å². The van der Waals surface area contributed by atoms with Gasteiger partial charge in [0.25, 0.3) is 5.69 Å². The molecular formula is C14H11N3O4. The van der Waals surface area contributed by atoms with Crippen molar-refractivity contribution < 1.29 is 14.4 Å². The Balaban J connectivity index is 1.69. The third kappa shape index (κ3) is 2.92. The predicted octanol–water partition coefficient (Wildman–Crippen LogP) is 2.77. The number of non-ortho nitro benzene ring substituents is 1. The van der Waals surface area contributed by atoms with Gasteiger partial charge in [-0.2, -0.15) is 5.10 Å². The highest BCUT2D eigenvalue weighted by Crippen LogP contribution is 2.32. The van der Waals surface area contributed by atoms with Gasteiger partial charge in [-0.1, -0.05) is 6.07 Å². The molecule has 0 aromatic heterocycles. The van der Waals surface area contributed by atoms with E-state index in [0.717, 1.165) is 5.56 Å². The fraction of sp³-hybridized carbons (Fsp3) is 0.0714. The molecule has 2 aromatic rings. The molecule has 0 spiro atoms. The molecule has 1 N–H and O–H groups in total. The summed E-state index contributed by atoms with van der Waals surface area (Å²) in [6.45, 7) is 0.224. The minimum Gasteiger partial charge on any atom is -0.454 e. The quantitative estimate of drug-likeness (QED) is 0.530. The van der Waals surface area contributed by atoms with Gasteiger partial charge in [-0.15, -0.1) is 0 Å². The number of rotatable bonds is 4. The van der Waals surface area contributed by atoms with Gasteiger partial charge in [0.15, 0.2) is 11.5 Å². The first-order chi connectivity index (χ1) is 10.2. The summed E-state index contributed by atoms with van der Waals surface area (Å²) in [6.07, 6.45) is 1.60. The molecule has 0 radical (unpaired) electrons. The second kappa shape index (κ2) is 5.49. The lowest BCUT2D eigenvalue weighted by Crippen LogP contribution is -1.93. The summed E-state index contributed by atoms with van der Waals surface area (Å²) in [6, 6.07) is 11.6. The zero-order chi connectivity index (χ0) is 14.7. The maximum atomic E-state index is 10.7. The topological polar surface area (TPSA) is 86.0 Å². The van der Waals surface area contributed by atoms with Gasteiger partial charge >= 0.3 is 0 Å². The molecule has 0 fully saturated rings. The van der Waals surface area contributed by atoms with Crippen LogP contribution < -0.4 is 14.9 Å². The summed E-state index contributed by atoms with van der Waals surface area (Å²) in [5.41, 5.74) is 4.13. The molecule has 0 saturated heterocycles. The zero-order valence-electron chi connectivity index (χ0n) is 10.9. The molecule has 0 aliphatic carbocycles. The molecule has 21 heavy (non-hydrogen) atoms. The van der Waals surface area contributed by atoms with E-state index in [-0.39, 0.29) is 12.5 Å². The third-order valence-corrected chi connectivity index (χ3v) is 2.86. The van der Waals surface area contributed by atoms with Crippen LogP contribution in [0.1, 0.15) is 5.56 Å². The Kier molecular flexibility index (Phi) is 3.38. The summed E-state index contributed by atoms with van der Waals surface area (Å²) in [4.78, 5) is 10.2. The van der Waals surface area contributed by atoms with Crippen LogP contribution in [0.15, 0.2) is 47.6 Å². The van der Waals surface area contributed by atoms with Crippen molar-refractivity contribution in [3.8, 4) is 11.5 Å². The average molecular weight is 285 g/mol. The number of nitro groups is 1. The van der Waals surface area contributed by atoms with Gasteiger partial charge in [-0.05, 0) is 29.8 Å². The van der Waals surface area contributed by atoms with Gasteiger partial charge in [0.1, 0.15) is 0 Å². The fourth-order valence-electron chi connectivity index (χ4n) is 1.86. The van der Waals surface area contributed by atoms with Crippen LogP contribution in [0.2, 0.25) is 0 Å². The maximum absolute atomic E-state index is 10.7. The van der Waals surface area contributed by atoms with E-state index in [1.54, 1.807) is 30.5 Å². The lowest BCUT2D eigenvalue weighted by molar-refractivity contribution is -0.384. The molecule has 1 heterocycles. The molecule has 3 rings (SSSR count). The van der Waals surface area contributed by atoms with Crippen molar-refractivity contribution in [3.63, 3.8) is 0 Å².